The van der Waals surface area contributed by atoms with E-state index in [0.717, 1.165) is 11.1 Å². The van der Waals surface area contributed by atoms with Crippen molar-refractivity contribution in [1.29, 1.82) is 0 Å². The average Bonchev–Trinajstić information content (AvgIpc) is 2.70. The van der Waals surface area contributed by atoms with Crippen molar-refractivity contribution >= 4 is 16.2 Å². The fraction of sp³-hybridized carbons (Fsp3) is 0.350. The highest BCUT2D eigenvalue weighted by Gasteiger charge is 2.31. The molecule has 0 spiro atoms. The van der Waals surface area contributed by atoms with Crippen LogP contribution in [0.1, 0.15) is 29.9 Å². The summed E-state index contributed by atoms with van der Waals surface area (Å²) in [5.41, 5.74) is 2.08. The normalized spacial score (nSPS) is 16.5. The molecule has 2 aromatic rings. The summed E-state index contributed by atoms with van der Waals surface area (Å²) in [4.78, 5) is 11.1. The Kier molecular flexibility index (Phi) is 6.26. The molecule has 1 heterocycles. The molecule has 2 N–H and O–H groups in total. The number of benzene rings is 2. The first-order chi connectivity index (χ1) is 13.0. The first-order valence-electron chi connectivity index (χ1n) is 9.05. The molecule has 1 saturated heterocycles. The van der Waals surface area contributed by atoms with E-state index in [4.69, 9.17) is 5.11 Å². The smallest absolute Gasteiger partial charge is 0.306 e. The fourth-order valence-corrected chi connectivity index (χ4v) is 4.67. The van der Waals surface area contributed by atoms with Crippen molar-refractivity contribution in [3.05, 3.63) is 71.8 Å². The maximum absolute atomic E-state index is 12.7. The lowest BCUT2D eigenvalue weighted by Crippen LogP contribution is -2.46. The van der Waals surface area contributed by atoms with Crippen molar-refractivity contribution in [2.45, 2.75) is 18.8 Å². The first-order valence-corrected chi connectivity index (χ1v) is 10.5. The number of hydrogen-bond donors (Lipinski definition) is 2. The third-order valence-corrected chi connectivity index (χ3v) is 6.59. The topological polar surface area (TPSA) is 86.7 Å². The van der Waals surface area contributed by atoms with Gasteiger partial charge in [-0.05, 0) is 24.0 Å². The van der Waals surface area contributed by atoms with Gasteiger partial charge in [0.1, 0.15) is 0 Å². The zero-order valence-corrected chi connectivity index (χ0v) is 15.8. The molecular weight excluding hydrogens is 364 g/mol. The number of carboxylic acid groups (broad SMARTS) is 1. The van der Waals surface area contributed by atoms with Crippen LogP contribution in [-0.4, -0.2) is 43.4 Å². The molecule has 0 radical (unpaired) electrons. The van der Waals surface area contributed by atoms with Gasteiger partial charge in [-0.25, -0.2) is 4.72 Å². The number of piperidine rings is 1. The highest BCUT2D eigenvalue weighted by atomic mass is 32.2. The van der Waals surface area contributed by atoms with E-state index in [0.29, 0.717) is 12.8 Å². The summed E-state index contributed by atoms with van der Waals surface area (Å²) in [5, 5.41) is 9.07. The van der Waals surface area contributed by atoms with Crippen LogP contribution >= 0.6 is 0 Å². The quantitative estimate of drug-likeness (QED) is 0.763. The fourth-order valence-electron chi connectivity index (χ4n) is 3.42. The number of aliphatic carboxylic acids is 1. The molecule has 6 nitrogen and oxygen atoms in total. The second kappa shape index (κ2) is 8.65. The molecule has 1 aliphatic heterocycles. The van der Waals surface area contributed by atoms with E-state index in [-0.39, 0.29) is 25.6 Å². The van der Waals surface area contributed by atoms with E-state index in [1.54, 1.807) is 0 Å². The number of carbonyl (C=O) groups is 1. The summed E-state index contributed by atoms with van der Waals surface area (Å²) in [7, 11) is -3.65. The van der Waals surface area contributed by atoms with Crippen LogP contribution in [0.25, 0.3) is 0 Å². The lowest BCUT2D eigenvalue weighted by atomic mass is 9.92. The second-order valence-electron chi connectivity index (χ2n) is 6.74. The highest BCUT2D eigenvalue weighted by Crippen LogP contribution is 2.25. The van der Waals surface area contributed by atoms with Crippen molar-refractivity contribution in [3.63, 3.8) is 0 Å². The lowest BCUT2D eigenvalue weighted by Gasteiger charge is -2.30. The molecule has 1 aliphatic rings. The average molecular weight is 388 g/mol. The molecular formula is C20H24N2O4S. The monoisotopic (exact) mass is 388 g/mol. The zero-order chi connectivity index (χ0) is 19.3. The summed E-state index contributed by atoms with van der Waals surface area (Å²) in [6.45, 7) is 0.705. The SMILES string of the molecule is O=C(O)C1CCN(S(=O)(=O)NCC(c2ccccc2)c2ccccc2)CC1. The van der Waals surface area contributed by atoms with Crippen molar-refractivity contribution in [2.24, 2.45) is 5.92 Å². The summed E-state index contributed by atoms with van der Waals surface area (Å²) < 4.78 is 29.5. The van der Waals surface area contributed by atoms with Gasteiger partial charge in [0.05, 0.1) is 5.92 Å². The van der Waals surface area contributed by atoms with Crippen LogP contribution in [0.4, 0.5) is 0 Å². The Morgan fingerprint density at radius 1 is 1.00 bits per heavy atom. The van der Waals surface area contributed by atoms with Crippen LogP contribution in [0, 0.1) is 5.92 Å². The molecule has 2 aromatic carbocycles. The Hall–Kier alpha value is -2.22. The largest absolute Gasteiger partial charge is 0.481 e. The number of nitrogens with zero attached hydrogens (tertiary/aromatic N) is 1. The molecule has 3 rings (SSSR count). The number of carboxylic acids is 1. The predicted octanol–water partition coefficient (Wildman–Crippen LogP) is 2.45. The van der Waals surface area contributed by atoms with E-state index in [2.05, 4.69) is 4.72 Å². The van der Waals surface area contributed by atoms with E-state index in [9.17, 15) is 13.2 Å². The minimum absolute atomic E-state index is 0.0984. The summed E-state index contributed by atoms with van der Waals surface area (Å²) in [5.74, 6) is -1.41. The van der Waals surface area contributed by atoms with Gasteiger partial charge >= 0.3 is 5.97 Å². The molecule has 0 amide bonds. The Balaban J connectivity index is 1.71. The minimum atomic E-state index is -3.65. The van der Waals surface area contributed by atoms with Crippen LogP contribution in [0.5, 0.6) is 0 Å². The predicted molar refractivity (Wildman–Crippen MR) is 104 cm³/mol. The lowest BCUT2D eigenvalue weighted by molar-refractivity contribution is -0.142. The third kappa shape index (κ3) is 4.94. The maximum Gasteiger partial charge on any atom is 0.306 e. The van der Waals surface area contributed by atoms with Gasteiger partial charge in [-0.1, -0.05) is 60.7 Å². The Labute approximate surface area is 160 Å². The first kappa shape index (κ1) is 19.5. The molecule has 0 aliphatic carbocycles. The molecule has 144 valence electrons. The minimum Gasteiger partial charge on any atom is -0.481 e. The van der Waals surface area contributed by atoms with Gasteiger partial charge in [-0.2, -0.15) is 12.7 Å². The van der Waals surface area contributed by atoms with Crippen LogP contribution in [0.3, 0.4) is 0 Å². The van der Waals surface area contributed by atoms with Crippen molar-refractivity contribution in [1.82, 2.24) is 9.03 Å². The maximum atomic E-state index is 12.7. The van der Waals surface area contributed by atoms with Gasteiger partial charge in [-0.3, -0.25) is 4.79 Å². The Bertz CT molecular complexity index is 809. The zero-order valence-electron chi connectivity index (χ0n) is 15.0. The van der Waals surface area contributed by atoms with Gasteiger partial charge in [0.2, 0.25) is 0 Å². The van der Waals surface area contributed by atoms with Crippen LogP contribution in [-0.2, 0) is 15.0 Å². The third-order valence-electron chi connectivity index (χ3n) is 5.02. The summed E-state index contributed by atoms with van der Waals surface area (Å²) in [6, 6.07) is 19.6. The number of hydrogen-bond acceptors (Lipinski definition) is 3. The molecule has 0 saturated carbocycles. The molecule has 7 heteroatoms. The van der Waals surface area contributed by atoms with Gasteiger partial charge in [-0.15, -0.1) is 0 Å². The van der Waals surface area contributed by atoms with Crippen LogP contribution < -0.4 is 4.72 Å². The van der Waals surface area contributed by atoms with Crippen LogP contribution in [0.2, 0.25) is 0 Å². The molecule has 27 heavy (non-hydrogen) atoms. The van der Waals surface area contributed by atoms with Gasteiger partial charge in [0.15, 0.2) is 0 Å². The molecule has 1 fully saturated rings. The van der Waals surface area contributed by atoms with E-state index in [1.807, 2.05) is 60.7 Å². The van der Waals surface area contributed by atoms with Gasteiger partial charge in [0, 0.05) is 25.6 Å². The Morgan fingerprint density at radius 3 is 1.93 bits per heavy atom. The highest BCUT2D eigenvalue weighted by molar-refractivity contribution is 7.87. The molecule has 0 unspecified atom stereocenters. The number of nitrogens with one attached hydrogen (secondary N) is 1. The van der Waals surface area contributed by atoms with E-state index >= 15 is 0 Å². The summed E-state index contributed by atoms with van der Waals surface area (Å²) in [6.07, 6.45) is 0.689. The standard InChI is InChI=1S/C20H24N2O4S/c23-20(24)18-11-13-22(14-12-18)27(25,26)21-15-19(16-7-3-1-4-8-16)17-9-5-2-6-10-17/h1-10,18-19,21H,11-15H2,(H,23,24). The Morgan fingerprint density at radius 2 is 1.48 bits per heavy atom. The van der Waals surface area contributed by atoms with Crippen molar-refractivity contribution in [3.8, 4) is 0 Å². The summed E-state index contributed by atoms with van der Waals surface area (Å²) >= 11 is 0. The van der Waals surface area contributed by atoms with Crippen molar-refractivity contribution < 1.29 is 18.3 Å². The molecule has 0 aromatic heterocycles. The molecule has 0 atom stereocenters. The second-order valence-corrected chi connectivity index (χ2v) is 8.49. The van der Waals surface area contributed by atoms with E-state index in [1.165, 1.54) is 4.31 Å². The number of rotatable bonds is 7. The molecule has 0 bridgehead atoms. The van der Waals surface area contributed by atoms with Gasteiger partial charge in [0.25, 0.3) is 10.2 Å². The van der Waals surface area contributed by atoms with Crippen LogP contribution in [0.15, 0.2) is 60.7 Å². The van der Waals surface area contributed by atoms with E-state index < -0.39 is 22.1 Å². The van der Waals surface area contributed by atoms with Crippen molar-refractivity contribution in [2.75, 3.05) is 19.6 Å². The van der Waals surface area contributed by atoms with Gasteiger partial charge < -0.3 is 5.11 Å².